The second-order valence-electron chi connectivity index (χ2n) is 2.47. The summed E-state index contributed by atoms with van der Waals surface area (Å²) in [6, 6.07) is 1.37. The van der Waals surface area contributed by atoms with Crippen LogP contribution >= 0.6 is 0 Å². The molecule has 0 saturated heterocycles. The quantitative estimate of drug-likeness (QED) is 0.619. The van der Waals surface area contributed by atoms with Crippen LogP contribution in [0.2, 0.25) is 0 Å². The Morgan fingerprint density at radius 3 is 3.08 bits per heavy atom. The number of imidazole rings is 1. The molecule has 1 atom stereocenters. The first-order valence-electron chi connectivity index (χ1n) is 3.71. The molecule has 0 spiro atoms. The average molecular weight is 179 g/mol. The van der Waals surface area contributed by atoms with E-state index in [1.54, 1.807) is 13.1 Å². The number of carbonyl (C=O) groups is 1. The van der Waals surface area contributed by atoms with Gasteiger partial charge in [-0.3, -0.25) is 0 Å². The van der Waals surface area contributed by atoms with Crippen molar-refractivity contribution in [2.24, 2.45) is 0 Å². The van der Waals surface area contributed by atoms with E-state index >= 15 is 0 Å². The first-order valence-corrected chi connectivity index (χ1v) is 3.71. The van der Waals surface area contributed by atoms with E-state index in [4.69, 9.17) is 5.26 Å². The molecule has 0 N–H and O–H groups in total. The summed E-state index contributed by atoms with van der Waals surface area (Å²) in [5.74, 6) is -0.188. The molecule has 0 aromatic carbocycles. The zero-order valence-electron chi connectivity index (χ0n) is 7.39. The zero-order valence-corrected chi connectivity index (χ0v) is 7.39. The van der Waals surface area contributed by atoms with Gasteiger partial charge in [-0.15, -0.1) is 0 Å². The Morgan fingerprint density at radius 2 is 2.54 bits per heavy atom. The summed E-state index contributed by atoms with van der Waals surface area (Å²) < 4.78 is 6.00. The predicted molar refractivity (Wildman–Crippen MR) is 43.7 cm³/mol. The smallest absolute Gasteiger partial charge is 0.328 e. The maximum Gasteiger partial charge on any atom is 0.328 e. The van der Waals surface area contributed by atoms with E-state index in [1.165, 1.54) is 17.9 Å². The second-order valence-corrected chi connectivity index (χ2v) is 2.47. The highest BCUT2D eigenvalue weighted by Crippen LogP contribution is 2.09. The van der Waals surface area contributed by atoms with Crippen LogP contribution < -0.4 is 0 Å². The van der Waals surface area contributed by atoms with Crippen LogP contribution in [0.3, 0.4) is 0 Å². The average Bonchev–Trinajstić information content (AvgIpc) is 2.62. The number of nitriles is 1. The van der Waals surface area contributed by atoms with Crippen molar-refractivity contribution in [2.45, 2.75) is 13.0 Å². The number of nitrogens with zero attached hydrogens (tertiary/aromatic N) is 3. The van der Waals surface area contributed by atoms with Crippen LogP contribution in [-0.4, -0.2) is 22.6 Å². The third kappa shape index (κ3) is 1.67. The number of hydrogen-bond donors (Lipinski definition) is 0. The molecular weight excluding hydrogens is 170 g/mol. The van der Waals surface area contributed by atoms with Crippen LogP contribution in [0, 0.1) is 11.3 Å². The molecule has 0 aliphatic rings. The Balaban J connectivity index is 2.95. The van der Waals surface area contributed by atoms with Crippen molar-refractivity contribution in [1.29, 1.82) is 5.26 Å². The molecule has 0 fully saturated rings. The third-order valence-electron chi connectivity index (χ3n) is 1.73. The summed E-state index contributed by atoms with van der Waals surface area (Å²) >= 11 is 0. The van der Waals surface area contributed by atoms with Gasteiger partial charge in [0.05, 0.1) is 7.11 Å². The van der Waals surface area contributed by atoms with Crippen molar-refractivity contribution in [1.82, 2.24) is 9.55 Å². The van der Waals surface area contributed by atoms with Crippen molar-refractivity contribution in [3.8, 4) is 6.07 Å². The van der Waals surface area contributed by atoms with E-state index in [9.17, 15) is 4.79 Å². The Kier molecular flexibility index (Phi) is 2.65. The fraction of sp³-hybridized carbons (Fsp3) is 0.375. The van der Waals surface area contributed by atoms with Crippen molar-refractivity contribution >= 4 is 5.97 Å². The standard InChI is InChI=1S/C8H9N3O2/c1-6(8(12)13-2)11-4-3-10-7(11)5-9/h3-4,6H,1-2H3/t6-/m1/s1. The van der Waals surface area contributed by atoms with Gasteiger partial charge in [-0.1, -0.05) is 0 Å². The van der Waals surface area contributed by atoms with Gasteiger partial charge in [0.2, 0.25) is 5.82 Å². The molecule has 5 heteroatoms. The van der Waals surface area contributed by atoms with Gasteiger partial charge in [0.25, 0.3) is 0 Å². The number of aromatic nitrogens is 2. The molecule has 0 saturated carbocycles. The minimum absolute atomic E-state index is 0.206. The van der Waals surface area contributed by atoms with E-state index in [0.29, 0.717) is 0 Å². The molecule has 0 aliphatic heterocycles. The molecule has 0 bridgehead atoms. The number of carbonyl (C=O) groups excluding carboxylic acids is 1. The Hall–Kier alpha value is -1.83. The molecule has 1 aromatic heterocycles. The van der Waals surface area contributed by atoms with Crippen LogP contribution in [0.1, 0.15) is 18.8 Å². The number of rotatable bonds is 2. The van der Waals surface area contributed by atoms with Crippen molar-refractivity contribution < 1.29 is 9.53 Å². The normalized spacial score (nSPS) is 11.8. The van der Waals surface area contributed by atoms with Crippen molar-refractivity contribution in [3.05, 3.63) is 18.2 Å². The maximum atomic E-state index is 11.1. The molecule has 1 aromatic rings. The lowest BCUT2D eigenvalue weighted by atomic mass is 10.3. The number of hydrogen-bond acceptors (Lipinski definition) is 4. The molecule has 1 heterocycles. The van der Waals surface area contributed by atoms with Gasteiger partial charge in [0, 0.05) is 12.4 Å². The highest BCUT2D eigenvalue weighted by molar-refractivity contribution is 5.73. The largest absolute Gasteiger partial charge is 0.467 e. The third-order valence-corrected chi connectivity index (χ3v) is 1.73. The molecule has 0 amide bonds. The van der Waals surface area contributed by atoms with Gasteiger partial charge in [0.1, 0.15) is 12.1 Å². The summed E-state index contributed by atoms with van der Waals surface area (Å²) in [5.41, 5.74) is 0. The highest BCUT2D eigenvalue weighted by atomic mass is 16.5. The van der Waals surface area contributed by atoms with E-state index in [1.807, 2.05) is 6.07 Å². The summed E-state index contributed by atoms with van der Waals surface area (Å²) in [6.45, 7) is 1.65. The summed E-state index contributed by atoms with van der Waals surface area (Å²) in [7, 11) is 1.31. The lowest BCUT2D eigenvalue weighted by Crippen LogP contribution is -2.18. The summed E-state index contributed by atoms with van der Waals surface area (Å²) in [6.07, 6.45) is 3.04. The van der Waals surface area contributed by atoms with Gasteiger partial charge >= 0.3 is 5.97 Å². The topological polar surface area (TPSA) is 67.9 Å². The fourth-order valence-corrected chi connectivity index (χ4v) is 0.996. The minimum Gasteiger partial charge on any atom is -0.467 e. The molecule has 13 heavy (non-hydrogen) atoms. The van der Waals surface area contributed by atoms with Crippen LogP contribution in [0.25, 0.3) is 0 Å². The number of methoxy groups -OCH3 is 1. The number of ether oxygens (including phenoxy) is 1. The van der Waals surface area contributed by atoms with Gasteiger partial charge < -0.3 is 9.30 Å². The molecule has 68 valence electrons. The van der Waals surface area contributed by atoms with E-state index in [2.05, 4.69) is 9.72 Å². The summed E-state index contributed by atoms with van der Waals surface area (Å²) in [4.78, 5) is 14.9. The Morgan fingerprint density at radius 1 is 1.85 bits per heavy atom. The minimum atomic E-state index is -0.512. The van der Waals surface area contributed by atoms with Crippen LogP contribution in [-0.2, 0) is 9.53 Å². The van der Waals surface area contributed by atoms with Gasteiger partial charge in [-0.2, -0.15) is 5.26 Å². The molecule has 0 unspecified atom stereocenters. The highest BCUT2D eigenvalue weighted by Gasteiger charge is 2.17. The SMILES string of the molecule is COC(=O)[C@@H](C)n1ccnc1C#N. The molecular formula is C8H9N3O2. The zero-order chi connectivity index (χ0) is 9.84. The van der Waals surface area contributed by atoms with Crippen LogP contribution in [0.5, 0.6) is 0 Å². The van der Waals surface area contributed by atoms with Gasteiger partial charge in [0.15, 0.2) is 0 Å². The first kappa shape index (κ1) is 9.26. The molecule has 0 aliphatic carbocycles. The molecule has 1 rings (SSSR count). The van der Waals surface area contributed by atoms with E-state index < -0.39 is 12.0 Å². The Bertz CT molecular complexity index is 351. The second kappa shape index (κ2) is 3.72. The van der Waals surface area contributed by atoms with E-state index in [-0.39, 0.29) is 5.82 Å². The lowest BCUT2D eigenvalue weighted by Gasteiger charge is -2.10. The lowest BCUT2D eigenvalue weighted by molar-refractivity contribution is -0.144. The first-order chi connectivity index (χ1) is 6.20. The van der Waals surface area contributed by atoms with E-state index in [0.717, 1.165) is 0 Å². The van der Waals surface area contributed by atoms with Crippen LogP contribution in [0.15, 0.2) is 12.4 Å². The number of esters is 1. The van der Waals surface area contributed by atoms with Crippen molar-refractivity contribution in [3.63, 3.8) is 0 Å². The van der Waals surface area contributed by atoms with Crippen LogP contribution in [0.4, 0.5) is 0 Å². The van der Waals surface area contributed by atoms with Gasteiger partial charge in [-0.05, 0) is 6.92 Å². The summed E-state index contributed by atoms with van der Waals surface area (Å²) in [5, 5.41) is 8.63. The van der Waals surface area contributed by atoms with Gasteiger partial charge in [-0.25, -0.2) is 9.78 Å². The Labute approximate surface area is 75.6 Å². The van der Waals surface area contributed by atoms with Crippen molar-refractivity contribution in [2.75, 3.05) is 7.11 Å². The fourth-order valence-electron chi connectivity index (χ4n) is 0.996. The maximum absolute atomic E-state index is 11.1. The molecule has 0 radical (unpaired) electrons. The molecule has 5 nitrogen and oxygen atoms in total. The predicted octanol–water partition coefficient (Wildman–Crippen LogP) is 0.489. The monoisotopic (exact) mass is 179 g/mol.